The molecular formula is C30H34Cl2N2O2S. The second-order valence-corrected chi connectivity index (χ2v) is 11.9. The van der Waals surface area contributed by atoms with Crippen LogP contribution >= 0.6 is 35.0 Å². The van der Waals surface area contributed by atoms with E-state index in [2.05, 4.69) is 24.4 Å². The number of hydrogen-bond donors (Lipinski definition) is 1. The first-order chi connectivity index (χ1) is 17.5. The number of halogens is 2. The van der Waals surface area contributed by atoms with Gasteiger partial charge in [0, 0.05) is 39.9 Å². The summed E-state index contributed by atoms with van der Waals surface area (Å²) in [4.78, 5) is 29.0. The van der Waals surface area contributed by atoms with E-state index in [1.165, 1.54) is 22.9 Å². The molecule has 0 heterocycles. The van der Waals surface area contributed by atoms with Crippen LogP contribution in [0.25, 0.3) is 0 Å². The van der Waals surface area contributed by atoms with E-state index in [0.717, 1.165) is 5.56 Å². The number of carbonyl (C=O) groups excluding carboxylic acids is 2. The Hall–Kier alpha value is -2.47. The summed E-state index contributed by atoms with van der Waals surface area (Å²) in [5.41, 5.74) is 3.51. The molecular weight excluding hydrogens is 523 g/mol. The van der Waals surface area contributed by atoms with Crippen LogP contribution in [0, 0.1) is 6.92 Å². The van der Waals surface area contributed by atoms with Crippen LogP contribution in [0.5, 0.6) is 0 Å². The quantitative estimate of drug-likeness (QED) is 0.290. The highest BCUT2D eigenvalue weighted by molar-refractivity contribution is 7.99. The largest absolute Gasteiger partial charge is 0.350 e. The third-order valence-electron chi connectivity index (χ3n) is 5.90. The van der Waals surface area contributed by atoms with Gasteiger partial charge < -0.3 is 10.2 Å². The van der Waals surface area contributed by atoms with Gasteiger partial charge in [-0.3, -0.25) is 9.59 Å². The molecule has 0 aliphatic carbocycles. The van der Waals surface area contributed by atoms with E-state index < -0.39 is 11.6 Å². The van der Waals surface area contributed by atoms with Gasteiger partial charge in [-0.2, -0.15) is 0 Å². The third kappa shape index (κ3) is 8.80. The van der Waals surface area contributed by atoms with Gasteiger partial charge in [0.2, 0.25) is 11.8 Å². The van der Waals surface area contributed by atoms with Gasteiger partial charge in [-0.25, -0.2) is 0 Å². The van der Waals surface area contributed by atoms with Gasteiger partial charge in [0.05, 0.1) is 5.75 Å². The molecule has 0 saturated heterocycles. The molecule has 1 N–H and O–H groups in total. The summed E-state index contributed by atoms with van der Waals surface area (Å²) in [7, 11) is 0. The fourth-order valence-corrected chi connectivity index (χ4v) is 5.47. The number of carbonyl (C=O) groups is 2. The van der Waals surface area contributed by atoms with E-state index in [9.17, 15) is 9.59 Å². The molecule has 4 nitrogen and oxygen atoms in total. The molecule has 0 fully saturated rings. The maximum absolute atomic E-state index is 13.8. The molecule has 0 spiro atoms. The Morgan fingerprint density at radius 2 is 1.54 bits per heavy atom. The van der Waals surface area contributed by atoms with Crippen molar-refractivity contribution >= 4 is 46.8 Å². The fraction of sp³-hybridized carbons (Fsp3) is 0.333. The van der Waals surface area contributed by atoms with Crippen LogP contribution in [0.15, 0.2) is 72.8 Å². The highest BCUT2D eigenvalue weighted by Crippen LogP contribution is 2.28. The van der Waals surface area contributed by atoms with E-state index in [1.807, 2.05) is 63.2 Å². The van der Waals surface area contributed by atoms with E-state index in [0.29, 0.717) is 27.8 Å². The van der Waals surface area contributed by atoms with Gasteiger partial charge in [0.1, 0.15) is 6.04 Å². The van der Waals surface area contributed by atoms with Gasteiger partial charge in [-0.15, -0.1) is 11.8 Å². The first-order valence-corrected chi connectivity index (χ1v) is 14.2. The van der Waals surface area contributed by atoms with Crippen molar-refractivity contribution in [2.24, 2.45) is 0 Å². The molecule has 2 amide bonds. The highest BCUT2D eigenvalue weighted by Gasteiger charge is 2.33. The second-order valence-electron chi connectivity index (χ2n) is 10.1. The minimum Gasteiger partial charge on any atom is -0.350 e. The predicted molar refractivity (Wildman–Crippen MR) is 156 cm³/mol. The Morgan fingerprint density at radius 1 is 0.919 bits per heavy atom. The van der Waals surface area contributed by atoms with Crippen molar-refractivity contribution in [1.82, 2.24) is 10.2 Å². The Bertz CT molecular complexity index is 1190. The number of benzene rings is 3. The van der Waals surface area contributed by atoms with Crippen molar-refractivity contribution in [3.05, 3.63) is 105 Å². The van der Waals surface area contributed by atoms with E-state index in [4.69, 9.17) is 23.2 Å². The molecule has 7 heteroatoms. The number of amides is 2. The summed E-state index contributed by atoms with van der Waals surface area (Å²) >= 11 is 14.5. The predicted octanol–water partition coefficient (Wildman–Crippen LogP) is 7.09. The fourth-order valence-electron chi connectivity index (χ4n) is 3.96. The van der Waals surface area contributed by atoms with Crippen LogP contribution in [0.3, 0.4) is 0 Å². The van der Waals surface area contributed by atoms with Crippen LogP contribution < -0.4 is 5.32 Å². The Balaban J connectivity index is 1.93. The number of nitrogens with zero attached hydrogens (tertiary/aromatic N) is 1. The second kappa shape index (κ2) is 13.4. The molecule has 37 heavy (non-hydrogen) atoms. The molecule has 0 unspecified atom stereocenters. The van der Waals surface area contributed by atoms with Crippen molar-refractivity contribution in [2.75, 3.05) is 5.75 Å². The highest BCUT2D eigenvalue weighted by atomic mass is 35.5. The zero-order chi connectivity index (χ0) is 27.0. The topological polar surface area (TPSA) is 49.4 Å². The normalized spacial score (nSPS) is 12.2. The molecule has 0 radical (unpaired) electrons. The molecule has 0 saturated carbocycles. The molecule has 0 aliphatic rings. The van der Waals surface area contributed by atoms with Crippen LogP contribution in [0.2, 0.25) is 10.0 Å². The first kappa shape index (κ1) is 29.1. The van der Waals surface area contributed by atoms with Crippen molar-refractivity contribution in [1.29, 1.82) is 0 Å². The van der Waals surface area contributed by atoms with Crippen molar-refractivity contribution in [2.45, 2.75) is 58.0 Å². The molecule has 3 aromatic rings. The van der Waals surface area contributed by atoms with Crippen LogP contribution in [-0.2, 0) is 28.3 Å². The van der Waals surface area contributed by atoms with Gasteiger partial charge in [0.15, 0.2) is 0 Å². The minimum absolute atomic E-state index is 0.136. The van der Waals surface area contributed by atoms with Gasteiger partial charge in [-0.05, 0) is 56.5 Å². The molecule has 196 valence electrons. The van der Waals surface area contributed by atoms with Crippen LogP contribution in [-0.4, -0.2) is 34.0 Å². The van der Waals surface area contributed by atoms with E-state index >= 15 is 0 Å². The lowest BCUT2D eigenvalue weighted by Gasteiger charge is -2.34. The average Bonchev–Trinajstić information content (AvgIpc) is 2.83. The minimum atomic E-state index is -0.736. The van der Waals surface area contributed by atoms with Gasteiger partial charge in [0.25, 0.3) is 0 Å². The van der Waals surface area contributed by atoms with Crippen molar-refractivity contribution in [3.63, 3.8) is 0 Å². The Morgan fingerprint density at radius 3 is 2.16 bits per heavy atom. The number of thioether (sulfide) groups is 1. The first-order valence-electron chi connectivity index (χ1n) is 12.3. The third-order valence-corrected chi connectivity index (χ3v) is 7.58. The molecule has 3 aromatic carbocycles. The summed E-state index contributed by atoms with van der Waals surface area (Å²) < 4.78 is 0. The van der Waals surface area contributed by atoms with Gasteiger partial charge >= 0.3 is 0 Å². The lowest BCUT2D eigenvalue weighted by molar-refractivity contribution is -0.140. The lowest BCUT2D eigenvalue weighted by atomic mass is 10.0. The van der Waals surface area contributed by atoms with Crippen molar-refractivity contribution < 1.29 is 9.59 Å². The SMILES string of the molecule is Cc1ccccc1CSCC(=O)N(Cc1c(Cl)cccc1Cl)[C@@H](Cc1ccccc1)C(=O)NC(C)(C)C. The van der Waals surface area contributed by atoms with Crippen LogP contribution in [0.1, 0.15) is 43.0 Å². The number of aryl methyl sites for hydroxylation is 1. The monoisotopic (exact) mass is 556 g/mol. The summed E-state index contributed by atoms with van der Waals surface area (Å²) in [5.74, 6) is 0.581. The number of hydrogen-bond acceptors (Lipinski definition) is 3. The number of rotatable bonds is 10. The zero-order valence-electron chi connectivity index (χ0n) is 21.8. The molecule has 0 aromatic heterocycles. The summed E-state index contributed by atoms with van der Waals surface area (Å²) in [6.07, 6.45) is 0.374. The number of nitrogens with one attached hydrogen (secondary N) is 1. The van der Waals surface area contributed by atoms with Gasteiger partial charge in [-0.1, -0.05) is 83.9 Å². The maximum atomic E-state index is 13.8. The summed E-state index contributed by atoms with van der Waals surface area (Å²) in [6.45, 7) is 7.99. The lowest BCUT2D eigenvalue weighted by Crippen LogP contribution is -2.54. The summed E-state index contributed by atoms with van der Waals surface area (Å²) in [6, 6.07) is 22.4. The average molecular weight is 558 g/mol. The smallest absolute Gasteiger partial charge is 0.243 e. The standard InChI is InChI=1S/C30H34Cl2N2O2S/c1-21-11-8-9-14-23(21)19-37-20-28(35)34(18-24-25(31)15-10-16-26(24)32)27(29(36)33-30(2,3)4)17-22-12-6-5-7-13-22/h5-16,27H,17-20H2,1-4H3,(H,33,36)/t27-/m0/s1. The van der Waals surface area contributed by atoms with E-state index in [1.54, 1.807) is 23.1 Å². The van der Waals surface area contributed by atoms with Crippen molar-refractivity contribution in [3.8, 4) is 0 Å². The van der Waals surface area contributed by atoms with E-state index in [-0.39, 0.29) is 24.1 Å². The Kier molecular flexibility index (Phi) is 10.5. The zero-order valence-corrected chi connectivity index (χ0v) is 24.1. The van der Waals surface area contributed by atoms with Crippen LogP contribution in [0.4, 0.5) is 0 Å². The summed E-state index contributed by atoms with van der Waals surface area (Å²) in [5, 5.41) is 4.00. The molecule has 3 rings (SSSR count). The molecule has 1 atom stereocenters. The maximum Gasteiger partial charge on any atom is 0.243 e. The molecule has 0 bridgehead atoms. The Labute approximate surface area is 234 Å². The molecule has 0 aliphatic heterocycles.